The number of fused-ring (bicyclic) bond motifs is 4. The number of amides is 1. The molecule has 1 N–H and O–H groups in total. The van der Waals surface area contributed by atoms with Crippen molar-refractivity contribution in [2.45, 2.75) is 62.0 Å². The van der Waals surface area contributed by atoms with E-state index in [0.29, 0.717) is 61.8 Å². The van der Waals surface area contributed by atoms with E-state index in [1.807, 2.05) is 12.1 Å². The lowest BCUT2D eigenvalue weighted by Gasteiger charge is -2.44. The van der Waals surface area contributed by atoms with Crippen molar-refractivity contribution in [3.63, 3.8) is 0 Å². The number of sulfone groups is 1. The van der Waals surface area contributed by atoms with Crippen LogP contribution in [-0.4, -0.2) is 59.2 Å². The van der Waals surface area contributed by atoms with Crippen LogP contribution in [0.25, 0.3) is 0 Å². The molecule has 0 radical (unpaired) electrons. The summed E-state index contributed by atoms with van der Waals surface area (Å²) in [6.07, 6.45) is 5.48. The lowest BCUT2D eigenvalue weighted by atomic mass is 9.70. The smallest absolute Gasteiger partial charge is 0.264 e. The van der Waals surface area contributed by atoms with E-state index in [2.05, 4.69) is 15.7 Å². The number of benzene rings is 2. The minimum atomic E-state index is -3.85. The highest BCUT2D eigenvalue weighted by molar-refractivity contribution is 7.92. The van der Waals surface area contributed by atoms with E-state index < -0.39 is 31.0 Å². The van der Waals surface area contributed by atoms with Crippen molar-refractivity contribution < 1.29 is 26.4 Å². The highest BCUT2D eigenvalue weighted by Gasteiger charge is 2.45. The fourth-order valence-electron chi connectivity index (χ4n) is 6.93. The fourth-order valence-corrected chi connectivity index (χ4v) is 10.4. The summed E-state index contributed by atoms with van der Waals surface area (Å²) >= 11 is 6.35. The average Bonchev–Trinajstić information content (AvgIpc) is 3.02. The fraction of sp³-hybridized carbons (Fsp3) is 0.552. The van der Waals surface area contributed by atoms with Gasteiger partial charge in [0.25, 0.3) is 5.91 Å². The summed E-state index contributed by atoms with van der Waals surface area (Å²) in [5.74, 6) is -0.251. The monoisotopic (exact) mass is 606 g/mol. The van der Waals surface area contributed by atoms with Crippen molar-refractivity contribution in [1.29, 1.82) is 0 Å². The SMILES string of the molecule is O=C1NS(=O)(=O)CCCCCS(=O)(=O)[C@@H]2CC[C@H]2CN2C[C@@]3(CCCc4cc(Cl)ccc43)COc3ccc1cc32. The summed E-state index contributed by atoms with van der Waals surface area (Å²) in [7, 11) is -7.16. The van der Waals surface area contributed by atoms with Crippen molar-refractivity contribution >= 4 is 43.1 Å². The predicted molar refractivity (Wildman–Crippen MR) is 156 cm³/mol. The molecule has 0 saturated heterocycles. The zero-order valence-electron chi connectivity index (χ0n) is 22.4. The molecule has 2 aromatic carbocycles. The zero-order chi connectivity index (χ0) is 28.1. The Balaban J connectivity index is 1.43. The molecular formula is C29H35ClN2O6S2. The van der Waals surface area contributed by atoms with Gasteiger partial charge in [0.15, 0.2) is 9.84 Å². The Labute approximate surface area is 241 Å². The molecular weight excluding hydrogens is 572 g/mol. The van der Waals surface area contributed by atoms with E-state index in [0.717, 1.165) is 25.7 Å². The molecule has 4 aliphatic rings. The molecule has 1 spiro atoms. The number of ether oxygens (including phenoxy) is 1. The lowest BCUT2D eigenvalue weighted by molar-refractivity contribution is 0.0981. The lowest BCUT2D eigenvalue weighted by Crippen LogP contribution is -2.51. The normalized spacial score (nSPS) is 29.6. The average molecular weight is 607 g/mol. The summed E-state index contributed by atoms with van der Waals surface area (Å²) in [6.45, 7) is 1.56. The minimum Gasteiger partial charge on any atom is -0.490 e. The minimum absolute atomic E-state index is 0.0213. The van der Waals surface area contributed by atoms with Gasteiger partial charge in [-0.25, -0.2) is 21.6 Å². The van der Waals surface area contributed by atoms with E-state index >= 15 is 0 Å². The Hall–Kier alpha value is -2.30. The number of rotatable bonds is 0. The van der Waals surface area contributed by atoms with Gasteiger partial charge >= 0.3 is 0 Å². The van der Waals surface area contributed by atoms with Crippen molar-refractivity contribution in [2.75, 3.05) is 36.1 Å². The second-order valence-electron chi connectivity index (χ2n) is 11.8. The first-order valence-corrected chi connectivity index (χ1v) is 17.9. The van der Waals surface area contributed by atoms with Crippen molar-refractivity contribution in [1.82, 2.24) is 4.72 Å². The van der Waals surface area contributed by atoms with Crippen LogP contribution < -0.4 is 14.4 Å². The Kier molecular flexibility index (Phi) is 7.32. The number of halogens is 1. The summed E-state index contributed by atoms with van der Waals surface area (Å²) < 4.78 is 60.5. The van der Waals surface area contributed by atoms with Crippen LogP contribution in [0, 0.1) is 5.92 Å². The molecule has 6 rings (SSSR count). The third kappa shape index (κ3) is 5.34. The van der Waals surface area contributed by atoms with Crippen LogP contribution in [0.2, 0.25) is 5.02 Å². The molecule has 40 heavy (non-hydrogen) atoms. The number of aryl methyl sites for hydroxylation is 1. The Morgan fingerprint density at radius 1 is 0.975 bits per heavy atom. The number of carbonyl (C=O) groups excluding carboxylic acids is 1. The number of hydrogen-bond donors (Lipinski definition) is 1. The van der Waals surface area contributed by atoms with Gasteiger partial charge < -0.3 is 9.64 Å². The standard InChI is InChI=1S/C29H35ClN2O6S2/c30-23-8-9-24-20(15-23)5-4-12-29(24)18-32-17-22-7-11-27(22)39(34,35)13-2-1-3-14-40(36,37)31-28(33)21-6-10-26(38-19-29)25(32)16-21/h6,8-10,15-16,22,27H,1-5,7,11-14,17-19H2,(H,31,33)/t22-,27+,29-/m0/s1. The highest BCUT2D eigenvalue weighted by Crippen LogP contribution is 2.46. The van der Waals surface area contributed by atoms with E-state index in [9.17, 15) is 21.6 Å². The number of anilines is 1. The molecule has 0 aromatic heterocycles. The van der Waals surface area contributed by atoms with Gasteiger partial charge in [0.05, 0.1) is 29.0 Å². The van der Waals surface area contributed by atoms with Crippen LogP contribution in [0.4, 0.5) is 5.69 Å². The maximum absolute atomic E-state index is 13.3. The number of sulfonamides is 1. The van der Waals surface area contributed by atoms with Crippen LogP contribution in [0.5, 0.6) is 5.75 Å². The van der Waals surface area contributed by atoms with E-state index in [1.54, 1.807) is 18.2 Å². The molecule has 3 atom stereocenters. The summed E-state index contributed by atoms with van der Waals surface area (Å²) in [5, 5.41) is 0.295. The largest absolute Gasteiger partial charge is 0.490 e. The molecule has 2 heterocycles. The molecule has 1 amide bonds. The van der Waals surface area contributed by atoms with Crippen molar-refractivity contribution in [3.8, 4) is 5.75 Å². The molecule has 216 valence electrons. The van der Waals surface area contributed by atoms with Gasteiger partial charge in [-0.05, 0) is 92.3 Å². The van der Waals surface area contributed by atoms with Gasteiger partial charge in [0, 0.05) is 29.1 Å². The highest BCUT2D eigenvalue weighted by atomic mass is 35.5. The first-order valence-electron chi connectivity index (χ1n) is 14.1. The number of nitrogens with zero attached hydrogens (tertiary/aromatic N) is 1. The molecule has 1 saturated carbocycles. The van der Waals surface area contributed by atoms with Gasteiger partial charge in [-0.2, -0.15) is 0 Å². The number of nitrogens with one attached hydrogen (secondary N) is 1. The summed E-state index contributed by atoms with van der Waals surface area (Å²) in [6, 6.07) is 11.0. The van der Waals surface area contributed by atoms with Gasteiger partial charge in [0.2, 0.25) is 10.0 Å². The van der Waals surface area contributed by atoms with Crippen LogP contribution in [0.15, 0.2) is 36.4 Å². The van der Waals surface area contributed by atoms with Gasteiger partial charge in [-0.1, -0.05) is 24.1 Å². The quantitative estimate of drug-likeness (QED) is 0.477. The molecule has 2 aromatic rings. The van der Waals surface area contributed by atoms with Crippen LogP contribution in [-0.2, 0) is 31.7 Å². The first-order chi connectivity index (χ1) is 19.1. The second kappa shape index (κ2) is 10.5. The summed E-state index contributed by atoms with van der Waals surface area (Å²) in [4.78, 5) is 15.2. The second-order valence-corrected chi connectivity index (χ2v) is 16.5. The van der Waals surface area contributed by atoms with Crippen LogP contribution in [0.3, 0.4) is 0 Å². The molecule has 2 bridgehead atoms. The van der Waals surface area contributed by atoms with Crippen molar-refractivity contribution in [3.05, 3.63) is 58.1 Å². The predicted octanol–water partition coefficient (Wildman–Crippen LogP) is 4.25. The Morgan fingerprint density at radius 3 is 2.60 bits per heavy atom. The maximum Gasteiger partial charge on any atom is 0.264 e. The zero-order valence-corrected chi connectivity index (χ0v) is 24.8. The van der Waals surface area contributed by atoms with E-state index in [1.165, 1.54) is 11.1 Å². The molecule has 2 aliphatic carbocycles. The number of carbonyl (C=O) groups is 1. The molecule has 11 heteroatoms. The van der Waals surface area contributed by atoms with Gasteiger partial charge in [-0.15, -0.1) is 0 Å². The van der Waals surface area contributed by atoms with Crippen LogP contribution >= 0.6 is 11.6 Å². The summed E-state index contributed by atoms with van der Waals surface area (Å²) in [5.41, 5.74) is 3.00. The Morgan fingerprint density at radius 2 is 1.80 bits per heavy atom. The van der Waals surface area contributed by atoms with Gasteiger partial charge in [0.1, 0.15) is 5.75 Å². The molecule has 8 nitrogen and oxygen atoms in total. The molecule has 2 aliphatic heterocycles. The third-order valence-corrected chi connectivity index (χ3v) is 13.1. The Bertz CT molecular complexity index is 1540. The van der Waals surface area contributed by atoms with E-state index in [4.69, 9.17) is 16.3 Å². The maximum atomic E-state index is 13.3. The first kappa shape index (κ1) is 27.8. The van der Waals surface area contributed by atoms with Crippen molar-refractivity contribution in [2.24, 2.45) is 5.92 Å². The molecule has 0 unspecified atom stereocenters. The van der Waals surface area contributed by atoms with E-state index in [-0.39, 0.29) is 28.4 Å². The topological polar surface area (TPSA) is 110 Å². The van der Waals surface area contributed by atoms with Crippen LogP contribution in [0.1, 0.15) is 66.4 Å². The third-order valence-electron chi connectivity index (χ3n) is 9.15. The van der Waals surface area contributed by atoms with Gasteiger partial charge in [-0.3, -0.25) is 4.79 Å². The number of hydrogen-bond acceptors (Lipinski definition) is 7. The molecule has 1 fully saturated rings.